The Morgan fingerprint density at radius 2 is 1.02 bits per heavy atom. The molecule has 6 heteroatoms. The van der Waals surface area contributed by atoms with Crippen LogP contribution in [0, 0.1) is 0 Å². The zero-order chi connectivity index (χ0) is 46.7. The third-order valence-corrected chi connectivity index (χ3v) is 13.2. The van der Waals surface area contributed by atoms with Gasteiger partial charge >= 0.3 is 0 Å². The Bertz CT molecular complexity index is 4210. The fraction of sp³-hybridized carbons (Fsp3) is 0. The van der Waals surface area contributed by atoms with Gasteiger partial charge in [-0.25, -0.2) is 4.98 Å². The lowest BCUT2D eigenvalue weighted by atomic mass is 9.98. The number of rotatable bonds is 6. The molecule has 0 atom stereocenters. The molecule has 0 aliphatic heterocycles. The van der Waals surface area contributed by atoms with Crippen LogP contribution in [0.15, 0.2) is 212 Å². The van der Waals surface area contributed by atoms with E-state index >= 15 is 0 Å². The molecule has 13 aromatic rings. The van der Waals surface area contributed by atoms with Crippen molar-refractivity contribution in [3.63, 3.8) is 0 Å². The second-order valence-corrected chi connectivity index (χ2v) is 16.6. The summed E-state index contributed by atoms with van der Waals surface area (Å²) in [4.78, 5) is 15.7. The van der Waals surface area contributed by atoms with Crippen LogP contribution in [0.5, 0.6) is 0 Å². The number of benzene rings is 9. The lowest BCUT2D eigenvalue weighted by molar-refractivity contribution is 0.953. The summed E-state index contributed by atoms with van der Waals surface area (Å²) in [5, 5.41) is 4.68. The molecule has 0 N–H and O–H groups in total. The molecule has 0 fully saturated rings. The Hall–Kier alpha value is -8.19. The van der Waals surface area contributed by atoms with Crippen molar-refractivity contribution >= 4 is 75.1 Å². The third kappa shape index (κ3) is 5.66. The molecule has 294 valence electrons. The van der Waals surface area contributed by atoms with Crippen LogP contribution in [0.1, 0.15) is 8.22 Å². The van der Waals surface area contributed by atoms with E-state index in [1.807, 2.05) is 97.1 Å². The van der Waals surface area contributed by atoms with Gasteiger partial charge in [0.2, 0.25) is 5.95 Å². The summed E-state index contributed by atoms with van der Waals surface area (Å²) in [5.74, 6) is 1.26. The highest BCUT2D eigenvalue weighted by Gasteiger charge is 2.22. The van der Waals surface area contributed by atoms with Crippen LogP contribution in [0.25, 0.3) is 120 Å². The van der Waals surface area contributed by atoms with Crippen LogP contribution < -0.4 is 0 Å². The minimum Gasteiger partial charge on any atom is -0.309 e. The molecule has 63 heavy (non-hydrogen) atoms. The van der Waals surface area contributed by atoms with Crippen LogP contribution in [0.3, 0.4) is 0 Å². The van der Waals surface area contributed by atoms with Gasteiger partial charge in [0.1, 0.15) is 0 Å². The largest absolute Gasteiger partial charge is 0.309 e. The van der Waals surface area contributed by atoms with Gasteiger partial charge in [-0.05, 0) is 53.5 Å². The van der Waals surface area contributed by atoms with E-state index in [1.165, 1.54) is 12.1 Å². The quantitative estimate of drug-likeness (QED) is 0.168. The number of aromatic nitrogens is 5. The van der Waals surface area contributed by atoms with E-state index in [0.29, 0.717) is 28.8 Å². The average Bonchev–Trinajstić information content (AvgIpc) is 4.06. The average molecular weight is 828 g/mol. The Labute approximate surface area is 374 Å². The SMILES string of the molecule is [2H]c1cc([2H])c2c(c1[2H])c1c([2H])c([2H])cc([2H])c1n2-c1cc(-c2nc(-c3ccccc3)nc(-n3c4ccccc4c4cc(-c5ccccc5)ccc43)n2)ccc1-c1cccc2c1sc1ccccc12. The van der Waals surface area contributed by atoms with Crippen molar-refractivity contribution in [3.05, 3.63) is 212 Å². The summed E-state index contributed by atoms with van der Waals surface area (Å²) in [6, 6.07) is 57.3. The number of nitrogens with zero attached hydrogens (tertiary/aromatic N) is 5. The van der Waals surface area contributed by atoms with Crippen molar-refractivity contribution in [1.82, 2.24) is 24.1 Å². The van der Waals surface area contributed by atoms with E-state index in [4.69, 9.17) is 17.7 Å². The standard InChI is InChI=1S/C57H35N5S/c1-3-16-36(17-4-1)38-31-33-51-47(34-38)42-22-9-13-28-50(42)62(51)57-59-55(37-18-5-2-6-19-37)58-56(60-57)39-30-32-43(45-24-15-25-46-44-23-10-14-29-53(44)63-54(45)46)52(35-39)61-48-26-11-7-20-40(48)41-21-8-12-27-49(41)61/h1-35H/i7D,8D,20D,21D,26D,27D. The monoisotopic (exact) mass is 827 g/mol. The molecular formula is C57H35N5S. The van der Waals surface area contributed by atoms with Crippen molar-refractivity contribution in [1.29, 1.82) is 0 Å². The van der Waals surface area contributed by atoms with Gasteiger partial charge in [-0.2, -0.15) is 9.97 Å². The normalized spacial score (nSPS) is 13.1. The zero-order valence-electron chi connectivity index (χ0n) is 39.4. The van der Waals surface area contributed by atoms with Gasteiger partial charge in [-0.15, -0.1) is 11.3 Å². The summed E-state index contributed by atoms with van der Waals surface area (Å²) in [6.45, 7) is 0. The first-order valence-electron chi connectivity index (χ1n) is 23.7. The van der Waals surface area contributed by atoms with Gasteiger partial charge in [-0.3, -0.25) is 4.57 Å². The molecule has 0 saturated heterocycles. The Balaban J connectivity index is 1.13. The number of thiophene rings is 1. The first-order chi connectivity index (χ1) is 33.7. The molecule has 0 radical (unpaired) electrons. The fourth-order valence-electron chi connectivity index (χ4n) is 9.11. The van der Waals surface area contributed by atoms with Gasteiger partial charge in [0.25, 0.3) is 0 Å². The highest BCUT2D eigenvalue weighted by atomic mass is 32.1. The summed E-state index contributed by atoms with van der Waals surface area (Å²) < 4.78 is 60.7. The van der Waals surface area contributed by atoms with Crippen LogP contribution in [0.4, 0.5) is 0 Å². The van der Waals surface area contributed by atoms with Crippen LogP contribution in [0.2, 0.25) is 0 Å². The molecule has 4 heterocycles. The maximum Gasteiger partial charge on any atom is 0.238 e. The molecule has 0 aliphatic carbocycles. The maximum absolute atomic E-state index is 9.41. The van der Waals surface area contributed by atoms with E-state index in [2.05, 4.69) is 71.3 Å². The second kappa shape index (κ2) is 14.2. The predicted octanol–water partition coefficient (Wildman–Crippen LogP) is 15.1. The summed E-state index contributed by atoms with van der Waals surface area (Å²) >= 11 is 1.68. The summed E-state index contributed by atoms with van der Waals surface area (Å²) in [7, 11) is 0. The summed E-state index contributed by atoms with van der Waals surface area (Å²) in [6.07, 6.45) is 0. The van der Waals surface area contributed by atoms with Crippen molar-refractivity contribution in [2.24, 2.45) is 0 Å². The molecule has 5 nitrogen and oxygen atoms in total. The molecule has 0 spiro atoms. The lowest BCUT2D eigenvalue weighted by Crippen LogP contribution is -2.07. The molecule has 0 unspecified atom stereocenters. The summed E-state index contributed by atoms with van der Waals surface area (Å²) in [5.41, 5.74) is 8.25. The van der Waals surface area contributed by atoms with Gasteiger partial charge in [0.15, 0.2) is 11.6 Å². The predicted molar refractivity (Wildman–Crippen MR) is 263 cm³/mol. The van der Waals surface area contributed by atoms with Crippen molar-refractivity contribution in [2.45, 2.75) is 0 Å². The molecule has 9 aromatic carbocycles. The number of hydrogen-bond acceptors (Lipinski definition) is 4. The highest BCUT2D eigenvalue weighted by molar-refractivity contribution is 7.26. The minimum atomic E-state index is -0.177. The molecule has 4 aromatic heterocycles. The number of para-hydroxylation sites is 3. The Kier molecular flexibility index (Phi) is 6.75. The molecular weight excluding hydrogens is 787 g/mol. The minimum absolute atomic E-state index is 0.0421. The van der Waals surface area contributed by atoms with E-state index < -0.39 is 0 Å². The molecule has 0 amide bonds. The lowest BCUT2D eigenvalue weighted by Gasteiger charge is -2.17. The first kappa shape index (κ1) is 29.9. The molecule has 0 aliphatic rings. The van der Waals surface area contributed by atoms with Crippen LogP contribution in [-0.2, 0) is 0 Å². The van der Waals surface area contributed by atoms with Gasteiger partial charge in [-0.1, -0.05) is 170 Å². The van der Waals surface area contributed by atoms with Gasteiger partial charge < -0.3 is 4.57 Å². The molecule has 13 rings (SSSR count). The van der Waals surface area contributed by atoms with Crippen molar-refractivity contribution in [3.8, 4) is 56.7 Å². The number of hydrogen-bond donors (Lipinski definition) is 0. The Morgan fingerprint density at radius 1 is 0.381 bits per heavy atom. The first-order valence-corrected chi connectivity index (χ1v) is 21.5. The second-order valence-electron chi connectivity index (χ2n) is 15.5. The van der Waals surface area contributed by atoms with E-state index in [0.717, 1.165) is 69.8 Å². The number of fused-ring (bicyclic) bond motifs is 9. The Morgan fingerprint density at radius 3 is 1.79 bits per heavy atom. The molecule has 0 bridgehead atoms. The van der Waals surface area contributed by atoms with Crippen molar-refractivity contribution < 1.29 is 8.22 Å². The van der Waals surface area contributed by atoms with E-state index in [-0.39, 0.29) is 58.1 Å². The smallest absolute Gasteiger partial charge is 0.238 e. The third-order valence-electron chi connectivity index (χ3n) is 12.0. The van der Waals surface area contributed by atoms with Gasteiger partial charge in [0.05, 0.1) is 36.0 Å². The van der Waals surface area contributed by atoms with E-state index in [1.54, 1.807) is 15.9 Å². The highest BCUT2D eigenvalue weighted by Crippen LogP contribution is 2.44. The van der Waals surface area contributed by atoms with Crippen molar-refractivity contribution in [2.75, 3.05) is 0 Å². The maximum atomic E-state index is 9.41. The molecule has 0 saturated carbocycles. The van der Waals surface area contributed by atoms with E-state index in [9.17, 15) is 5.48 Å². The van der Waals surface area contributed by atoms with Crippen LogP contribution >= 0.6 is 11.3 Å². The topological polar surface area (TPSA) is 48.5 Å². The zero-order valence-corrected chi connectivity index (χ0v) is 34.2. The van der Waals surface area contributed by atoms with Crippen LogP contribution in [-0.4, -0.2) is 24.1 Å². The van der Waals surface area contributed by atoms with Gasteiger partial charge in [0, 0.05) is 64.0 Å². The fourth-order valence-corrected chi connectivity index (χ4v) is 10.3.